The van der Waals surface area contributed by atoms with Gasteiger partial charge in [-0.2, -0.15) is 4.39 Å². The Morgan fingerprint density at radius 3 is 2.09 bits per heavy atom. The van der Waals surface area contributed by atoms with Crippen LogP contribution in [0.15, 0.2) is 12.1 Å². The topological polar surface area (TPSA) is 54.0 Å². The average Bonchev–Trinajstić information content (AvgIpc) is 2.83. The molecule has 0 spiro atoms. The molecule has 5 nitrogen and oxygen atoms in total. The molecule has 0 radical (unpaired) electrons. The molecule has 1 aromatic carbocycles. The van der Waals surface area contributed by atoms with Gasteiger partial charge in [0.1, 0.15) is 0 Å². The minimum atomic E-state index is -2.90. The zero-order chi connectivity index (χ0) is 24.7. The Kier molecular flexibility index (Phi) is 14.3. The summed E-state index contributed by atoms with van der Waals surface area (Å²) in [5.41, 5.74) is 0.294. The van der Waals surface area contributed by atoms with E-state index in [1.807, 2.05) is 13.8 Å². The summed E-state index contributed by atoms with van der Waals surface area (Å²) in [5.74, 6) is -1.77. The van der Waals surface area contributed by atoms with Crippen LogP contribution in [0.4, 0.5) is 8.78 Å². The van der Waals surface area contributed by atoms with Crippen molar-refractivity contribution in [3.63, 3.8) is 0 Å². The minimum Gasteiger partial charge on any atom is -0.490 e. The molecule has 1 aliphatic heterocycles. The first kappa shape index (κ1) is 29.2. The Balaban J connectivity index is 1.50. The molecular weight excluding hydrogens is 461 g/mol. The normalized spacial score (nSPS) is 16.6. The molecule has 34 heavy (non-hydrogen) atoms. The van der Waals surface area contributed by atoms with Crippen LogP contribution < -0.4 is 4.74 Å². The summed E-state index contributed by atoms with van der Waals surface area (Å²) in [5, 5.41) is 0. The Morgan fingerprint density at radius 1 is 0.882 bits per heavy atom. The fourth-order valence-corrected chi connectivity index (χ4v) is 6.01. The first-order valence-electron chi connectivity index (χ1n) is 13.1. The van der Waals surface area contributed by atoms with Crippen molar-refractivity contribution in [3.8, 4) is 5.75 Å². The second-order valence-electron chi connectivity index (χ2n) is 8.84. The molecule has 2 rings (SSSR count). The summed E-state index contributed by atoms with van der Waals surface area (Å²) in [6.07, 6.45) is 12.2. The van der Waals surface area contributed by atoms with Crippen LogP contribution >= 0.6 is 7.60 Å². The highest BCUT2D eigenvalue weighted by Crippen LogP contribution is 2.48. The van der Waals surface area contributed by atoms with Crippen molar-refractivity contribution in [2.45, 2.75) is 97.0 Å². The highest BCUT2D eigenvalue weighted by Gasteiger charge is 2.24. The largest absolute Gasteiger partial charge is 0.490 e. The summed E-state index contributed by atoms with van der Waals surface area (Å²) >= 11 is 0. The third-order valence-electron chi connectivity index (χ3n) is 6.09. The van der Waals surface area contributed by atoms with Crippen LogP contribution in [-0.2, 0) is 18.3 Å². The van der Waals surface area contributed by atoms with Crippen molar-refractivity contribution in [2.75, 3.05) is 32.6 Å². The van der Waals surface area contributed by atoms with Crippen molar-refractivity contribution in [1.82, 2.24) is 0 Å². The van der Waals surface area contributed by atoms with Gasteiger partial charge < -0.3 is 18.5 Å². The Labute approximate surface area is 204 Å². The van der Waals surface area contributed by atoms with Gasteiger partial charge in [0.2, 0.25) is 5.82 Å². The molecule has 1 aromatic rings. The highest BCUT2D eigenvalue weighted by atomic mass is 31.2. The molecule has 0 bridgehead atoms. The summed E-state index contributed by atoms with van der Waals surface area (Å²) in [4.78, 5) is 0. The maximum Gasteiger partial charge on any atom is 0.330 e. The molecular formula is C26H43F2O5P. The smallest absolute Gasteiger partial charge is 0.330 e. The number of hydrogen-bond donors (Lipinski definition) is 0. The van der Waals surface area contributed by atoms with Gasteiger partial charge in [-0.15, -0.1) is 0 Å². The predicted molar refractivity (Wildman–Crippen MR) is 132 cm³/mol. The molecule has 1 unspecified atom stereocenters. The van der Waals surface area contributed by atoms with E-state index in [2.05, 4.69) is 0 Å². The maximum absolute atomic E-state index is 14.4. The van der Waals surface area contributed by atoms with Gasteiger partial charge in [0.05, 0.1) is 32.1 Å². The summed E-state index contributed by atoms with van der Waals surface area (Å²) < 4.78 is 62.9. The molecule has 1 saturated heterocycles. The monoisotopic (exact) mass is 504 g/mol. The molecule has 0 saturated carbocycles. The van der Waals surface area contributed by atoms with Gasteiger partial charge in [-0.25, -0.2) is 4.39 Å². The van der Waals surface area contributed by atoms with Crippen LogP contribution in [0.25, 0.3) is 0 Å². The SMILES string of the molecule is CCOP(=O)(CCCCCCCCCCCOc1ccc(C2CCCCO2)c(F)c1F)OCC. The van der Waals surface area contributed by atoms with E-state index in [1.165, 1.54) is 12.5 Å². The minimum absolute atomic E-state index is 0.0183. The molecule has 1 atom stereocenters. The zero-order valence-electron chi connectivity index (χ0n) is 21.0. The number of hydrogen-bond acceptors (Lipinski definition) is 5. The van der Waals surface area contributed by atoms with Gasteiger partial charge in [-0.05, 0) is 58.1 Å². The van der Waals surface area contributed by atoms with Crippen LogP contribution in [0.5, 0.6) is 5.75 Å². The van der Waals surface area contributed by atoms with Gasteiger partial charge in [-0.1, -0.05) is 44.9 Å². The Hall–Kier alpha value is -1.01. The molecule has 0 N–H and O–H groups in total. The van der Waals surface area contributed by atoms with E-state index in [1.54, 1.807) is 6.07 Å². The molecule has 8 heteroatoms. The second kappa shape index (κ2) is 16.6. The zero-order valence-corrected chi connectivity index (χ0v) is 21.9. The van der Waals surface area contributed by atoms with Crippen molar-refractivity contribution in [1.29, 1.82) is 0 Å². The van der Waals surface area contributed by atoms with E-state index in [4.69, 9.17) is 18.5 Å². The van der Waals surface area contributed by atoms with Crippen molar-refractivity contribution in [2.24, 2.45) is 0 Å². The van der Waals surface area contributed by atoms with E-state index in [-0.39, 0.29) is 11.9 Å². The molecule has 1 aliphatic rings. The van der Waals surface area contributed by atoms with Gasteiger partial charge in [-0.3, -0.25) is 4.57 Å². The van der Waals surface area contributed by atoms with Crippen LogP contribution in [0, 0.1) is 11.6 Å². The molecule has 0 aromatic heterocycles. The third kappa shape index (κ3) is 10.3. The predicted octanol–water partition coefficient (Wildman–Crippen LogP) is 8.36. The third-order valence-corrected chi connectivity index (χ3v) is 8.26. The van der Waals surface area contributed by atoms with E-state index in [9.17, 15) is 13.3 Å². The standard InChI is InChI=1S/C26H43F2O5P/c1-3-32-34(29,33-4-2)21-15-11-9-7-5-6-8-10-13-19-31-24-18-17-22(25(27)26(24)28)23-16-12-14-20-30-23/h17-18,23H,3-16,19-21H2,1-2H3. The molecule has 196 valence electrons. The lowest BCUT2D eigenvalue weighted by atomic mass is 10.0. The van der Waals surface area contributed by atoms with Crippen LogP contribution in [0.1, 0.15) is 103 Å². The lowest BCUT2D eigenvalue weighted by molar-refractivity contribution is 0.0124. The molecule has 1 heterocycles. The van der Waals surface area contributed by atoms with Gasteiger partial charge in [0, 0.05) is 12.2 Å². The van der Waals surface area contributed by atoms with E-state index < -0.39 is 19.2 Å². The van der Waals surface area contributed by atoms with Gasteiger partial charge in [0.25, 0.3) is 0 Å². The summed E-state index contributed by atoms with van der Waals surface area (Å²) in [6, 6.07) is 3.11. The fourth-order valence-electron chi connectivity index (χ4n) is 4.28. The quantitative estimate of drug-likeness (QED) is 0.148. The van der Waals surface area contributed by atoms with E-state index in [0.29, 0.717) is 38.2 Å². The van der Waals surface area contributed by atoms with Crippen molar-refractivity contribution < 1.29 is 31.9 Å². The second-order valence-corrected chi connectivity index (χ2v) is 11.0. The van der Waals surface area contributed by atoms with Crippen LogP contribution in [0.3, 0.4) is 0 Å². The highest BCUT2D eigenvalue weighted by molar-refractivity contribution is 7.53. The number of unbranched alkanes of at least 4 members (excludes halogenated alkanes) is 8. The molecule has 0 aliphatic carbocycles. The average molecular weight is 505 g/mol. The number of ether oxygens (including phenoxy) is 2. The van der Waals surface area contributed by atoms with Crippen LogP contribution in [-0.4, -0.2) is 32.6 Å². The first-order chi connectivity index (χ1) is 16.5. The summed E-state index contributed by atoms with van der Waals surface area (Å²) in [7, 11) is -2.90. The molecule has 0 amide bonds. The van der Waals surface area contributed by atoms with Gasteiger partial charge in [0.15, 0.2) is 11.6 Å². The van der Waals surface area contributed by atoms with Gasteiger partial charge >= 0.3 is 7.60 Å². The van der Waals surface area contributed by atoms with E-state index >= 15 is 0 Å². The maximum atomic E-state index is 14.4. The van der Waals surface area contributed by atoms with E-state index in [0.717, 1.165) is 70.6 Å². The Bertz CT molecular complexity index is 730. The first-order valence-corrected chi connectivity index (χ1v) is 14.8. The number of halogens is 2. The number of rotatable bonds is 18. The summed E-state index contributed by atoms with van der Waals surface area (Å²) in [6.45, 7) is 5.47. The lowest BCUT2D eigenvalue weighted by Gasteiger charge is -2.23. The lowest BCUT2D eigenvalue weighted by Crippen LogP contribution is -2.14. The Morgan fingerprint density at radius 2 is 1.50 bits per heavy atom. The molecule has 1 fully saturated rings. The fraction of sp³-hybridized carbons (Fsp3) is 0.769. The van der Waals surface area contributed by atoms with Crippen LogP contribution in [0.2, 0.25) is 0 Å². The van der Waals surface area contributed by atoms with Crippen molar-refractivity contribution >= 4 is 7.60 Å². The van der Waals surface area contributed by atoms with Crippen molar-refractivity contribution in [3.05, 3.63) is 29.3 Å². The number of benzene rings is 1.